The molecule has 5 rings (SSSR count). The van der Waals surface area contributed by atoms with Gasteiger partial charge in [-0.2, -0.15) is 5.26 Å². The molecule has 0 unspecified atom stereocenters. The molecule has 1 amide bonds. The molecule has 3 heterocycles. The summed E-state index contributed by atoms with van der Waals surface area (Å²) in [5.74, 6) is 6.24. The lowest BCUT2D eigenvalue weighted by Gasteiger charge is -2.34. The van der Waals surface area contributed by atoms with Crippen LogP contribution in [0.4, 0.5) is 5.69 Å². The van der Waals surface area contributed by atoms with E-state index in [-0.39, 0.29) is 11.3 Å². The summed E-state index contributed by atoms with van der Waals surface area (Å²) in [7, 11) is 2.16. The van der Waals surface area contributed by atoms with E-state index in [2.05, 4.69) is 83.2 Å². The zero-order valence-electron chi connectivity index (χ0n) is 23.4. The summed E-state index contributed by atoms with van der Waals surface area (Å²) in [4.78, 5) is 18.2. The molecule has 8 heteroatoms. The van der Waals surface area contributed by atoms with Gasteiger partial charge in [-0.1, -0.05) is 38.8 Å². The first kappa shape index (κ1) is 27.1. The van der Waals surface area contributed by atoms with Crippen LogP contribution in [0.2, 0.25) is 0 Å². The van der Waals surface area contributed by atoms with Crippen molar-refractivity contribution in [1.82, 2.24) is 24.4 Å². The molecule has 0 radical (unpaired) electrons. The van der Waals surface area contributed by atoms with Crippen LogP contribution in [0.15, 0.2) is 60.8 Å². The number of carbonyl (C=O) groups excluding carboxylic acids is 1. The van der Waals surface area contributed by atoms with Crippen LogP contribution < -0.4 is 5.32 Å². The Morgan fingerprint density at radius 1 is 0.975 bits per heavy atom. The number of aromatic nitrogens is 3. The molecular formula is C32H33N7O. The highest BCUT2D eigenvalue weighted by atomic mass is 16.1. The van der Waals surface area contributed by atoms with Gasteiger partial charge in [0.05, 0.1) is 11.6 Å². The van der Waals surface area contributed by atoms with Crippen molar-refractivity contribution in [1.29, 1.82) is 5.26 Å². The van der Waals surface area contributed by atoms with Gasteiger partial charge in [0.1, 0.15) is 0 Å². The van der Waals surface area contributed by atoms with Crippen LogP contribution in [-0.4, -0.2) is 63.5 Å². The fraction of sp³-hybridized carbons (Fsp3) is 0.312. The van der Waals surface area contributed by atoms with E-state index >= 15 is 0 Å². The molecular weight excluding hydrogens is 498 g/mol. The second-order valence-electron chi connectivity index (χ2n) is 11.3. The Kier molecular flexibility index (Phi) is 7.66. The van der Waals surface area contributed by atoms with Crippen molar-refractivity contribution >= 4 is 17.2 Å². The van der Waals surface area contributed by atoms with E-state index in [1.165, 1.54) is 11.1 Å². The summed E-state index contributed by atoms with van der Waals surface area (Å²) in [6, 6.07) is 18.9. The third-order valence-corrected chi connectivity index (χ3v) is 7.12. The molecule has 8 nitrogen and oxygen atoms in total. The first-order valence-electron chi connectivity index (χ1n) is 13.4. The van der Waals surface area contributed by atoms with Gasteiger partial charge in [-0.05, 0) is 72.0 Å². The second-order valence-corrected chi connectivity index (χ2v) is 11.3. The number of amides is 1. The van der Waals surface area contributed by atoms with Crippen LogP contribution in [0.5, 0.6) is 0 Å². The Hall–Kier alpha value is -4.50. The van der Waals surface area contributed by atoms with Gasteiger partial charge >= 0.3 is 0 Å². The van der Waals surface area contributed by atoms with Crippen molar-refractivity contribution in [3.05, 3.63) is 94.4 Å². The first-order valence-corrected chi connectivity index (χ1v) is 13.4. The van der Waals surface area contributed by atoms with Crippen LogP contribution in [0.25, 0.3) is 5.65 Å². The first-order chi connectivity index (χ1) is 19.2. The van der Waals surface area contributed by atoms with Gasteiger partial charge in [-0.15, -0.1) is 10.2 Å². The predicted molar refractivity (Wildman–Crippen MR) is 156 cm³/mol. The average molecular weight is 532 g/mol. The molecule has 2 aromatic carbocycles. The molecule has 2 aromatic heterocycles. The molecule has 202 valence electrons. The molecule has 1 N–H and O–H groups in total. The maximum atomic E-state index is 13.3. The van der Waals surface area contributed by atoms with Crippen molar-refractivity contribution in [2.75, 3.05) is 38.5 Å². The molecule has 4 aromatic rings. The van der Waals surface area contributed by atoms with E-state index in [4.69, 9.17) is 0 Å². The lowest BCUT2D eigenvalue weighted by Crippen LogP contribution is -2.44. The van der Waals surface area contributed by atoms with E-state index in [9.17, 15) is 10.1 Å². The predicted octanol–water partition coefficient (Wildman–Crippen LogP) is 4.30. The normalized spacial score (nSPS) is 14.4. The number of hydrogen-bond donors (Lipinski definition) is 1. The van der Waals surface area contributed by atoms with Crippen molar-refractivity contribution in [2.24, 2.45) is 0 Å². The fourth-order valence-electron chi connectivity index (χ4n) is 4.89. The molecule has 40 heavy (non-hydrogen) atoms. The minimum absolute atomic E-state index is 0.0853. The number of likely N-dealkylation sites (N-methyl/N-ethyl adjacent to an activating group) is 1. The number of rotatable bonds is 4. The van der Waals surface area contributed by atoms with Crippen LogP contribution in [-0.2, 0) is 12.0 Å². The molecule has 0 saturated carbocycles. The maximum Gasteiger partial charge on any atom is 0.255 e. The number of nitrogens with one attached hydrogen (secondary N) is 1. The lowest BCUT2D eigenvalue weighted by atomic mass is 9.83. The molecule has 0 spiro atoms. The smallest absolute Gasteiger partial charge is 0.255 e. The number of nitrogens with zero attached hydrogens (tertiary/aromatic N) is 6. The molecule has 0 bridgehead atoms. The van der Waals surface area contributed by atoms with Crippen LogP contribution in [0.1, 0.15) is 59.2 Å². The molecule has 1 aliphatic heterocycles. The summed E-state index contributed by atoms with van der Waals surface area (Å²) in [5.41, 5.74) is 5.10. The number of benzene rings is 2. The third-order valence-electron chi connectivity index (χ3n) is 7.12. The number of hydrogen-bond acceptors (Lipinski definition) is 6. The SMILES string of the molecule is CN1CCN(Cc2ccc(NC(=O)c3cc(C#N)cc(C#Cc4nnc5ccccn45)c3)cc2C(C)(C)C)CC1. The van der Waals surface area contributed by atoms with Crippen LogP contribution >= 0.6 is 0 Å². The number of anilines is 1. The molecule has 1 aliphatic rings. The monoisotopic (exact) mass is 531 g/mol. The molecule has 1 saturated heterocycles. The Bertz CT molecular complexity index is 1650. The Morgan fingerprint density at radius 2 is 1.75 bits per heavy atom. The largest absolute Gasteiger partial charge is 0.322 e. The maximum absolute atomic E-state index is 13.3. The number of pyridine rings is 1. The molecule has 1 fully saturated rings. The van der Waals surface area contributed by atoms with Gasteiger partial charge < -0.3 is 10.2 Å². The van der Waals surface area contributed by atoms with E-state index in [0.717, 1.165) is 38.4 Å². The Morgan fingerprint density at radius 3 is 2.50 bits per heavy atom. The van der Waals surface area contributed by atoms with E-state index in [1.807, 2.05) is 30.5 Å². The molecule has 0 aliphatic carbocycles. The standard InChI is InChI=1S/C32H33N7O/c1-32(2,3)28-20-27(10-9-25(28)22-38-15-13-37(4)14-16-38)34-31(40)26-18-23(17-24(19-26)21-33)8-11-30-36-35-29-7-5-6-12-39(29)30/h5-7,9-10,12,17-20H,13-16,22H2,1-4H3,(H,34,40). The van der Waals surface area contributed by atoms with E-state index < -0.39 is 0 Å². The zero-order valence-corrected chi connectivity index (χ0v) is 23.4. The highest BCUT2D eigenvalue weighted by Crippen LogP contribution is 2.30. The van der Waals surface area contributed by atoms with Crippen LogP contribution in [0.3, 0.4) is 0 Å². The van der Waals surface area contributed by atoms with E-state index in [0.29, 0.717) is 28.2 Å². The summed E-state index contributed by atoms with van der Waals surface area (Å²) in [6.07, 6.45) is 1.84. The van der Waals surface area contributed by atoms with Gasteiger partial charge in [-0.3, -0.25) is 14.1 Å². The van der Waals surface area contributed by atoms with Gasteiger partial charge in [0.2, 0.25) is 5.82 Å². The summed E-state index contributed by atoms with van der Waals surface area (Å²) in [5, 5.41) is 20.9. The quantitative estimate of drug-likeness (QED) is 0.395. The minimum atomic E-state index is -0.292. The highest BCUT2D eigenvalue weighted by molar-refractivity contribution is 6.04. The Balaban J connectivity index is 1.38. The molecule has 0 atom stereocenters. The average Bonchev–Trinajstić information content (AvgIpc) is 3.36. The minimum Gasteiger partial charge on any atom is -0.322 e. The van der Waals surface area contributed by atoms with Crippen molar-refractivity contribution in [2.45, 2.75) is 32.7 Å². The van der Waals surface area contributed by atoms with Crippen molar-refractivity contribution in [3.63, 3.8) is 0 Å². The summed E-state index contributed by atoms with van der Waals surface area (Å²) < 4.78 is 1.79. The van der Waals surface area contributed by atoms with Gasteiger partial charge in [-0.25, -0.2) is 0 Å². The van der Waals surface area contributed by atoms with Crippen LogP contribution in [0, 0.1) is 23.2 Å². The number of fused-ring (bicyclic) bond motifs is 1. The highest BCUT2D eigenvalue weighted by Gasteiger charge is 2.22. The second kappa shape index (κ2) is 11.3. The zero-order chi connectivity index (χ0) is 28.3. The van der Waals surface area contributed by atoms with E-state index in [1.54, 1.807) is 22.6 Å². The van der Waals surface area contributed by atoms with Crippen molar-refractivity contribution in [3.8, 4) is 17.9 Å². The summed E-state index contributed by atoms with van der Waals surface area (Å²) >= 11 is 0. The topological polar surface area (TPSA) is 89.6 Å². The third kappa shape index (κ3) is 6.21. The number of nitriles is 1. The fourth-order valence-corrected chi connectivity index (χ4v) is 4.89. The van der Waals surface area contributed by atoms with Crippen molar-refractivity contribution < 1.29 is 4.79 Å². The van der Waals surface area contributed by atoms with Gasteiger partial charge in [0, 0.05) is 55.7 Å². The number of carbonyl (C=O) groups is 1. The Labute approximate surface area is 235 Å². The number of piperazine rings is 1. The lowest BCUT2D eigenvalue weighted by molar-refractivity contribution is 0.102. The van der Waals surface area contributed by atoms with Gasteiger partial charge in [0.25, 0.3) is 5.91 Å². The summed E-state index contributed by atoms with van der Waals surface area (Å²) in [6.45, 7) is 11.7. The van der Waals surface area contributed by atoms with Gasteiger partial charge in [0.15, 0.2) is 5.65 Å².